The van der Waals surface area contributed by atoms with E-state index in [2.05, 4.69) is 28.6 Å². The number of nitrogens with one attached hydrogen (secondary N) is 2. The molecule has 0 bridgehead atoms. The summed E-state index contributed by atoms with van der Waals surface area (Å²) in [6.07, 6.45) is 0.967. The van der Waals surface area contributed by atoms with E-state index in [-0.39, 0.29) is 0 Å². The Hall–Kier alpha value is -1.75. The average molecular weight is 293 g/mol. The van der Waals surface area contributed by atoms with Crippen LogP contribution in [0.5, 0.6) is 5.75 Å². The Morgan fingerprint density at radius 2 is 2.00 bits per heavy atom. The van der Waals surface area contributed by atoms with Crippen LogP contribution in [0.25, 0.3) is 0 Å². The van der Waals surface area contributed by atoms with Crippen LogP contribution in [0.1, 0.15) is 18.9 Å². The number of ether oxygens (including phenoxy) is 2. The van der Waals surface area contributed by atoms with Gasteiger partial charge in [0.2, 0.25) is 0 Å². The molecular formula is C16H27N3O2. The van der Waals surface area contributed by atoms with E-state index >= 15 is 0 Å². The van der Waals surface area contributed by atoms with Gasteiger partial charge in [-0.3, -0.25) is 4.99 Å². The third-order valence-corrected chi connectivity index (χ3v) is 2.84. The number of hydrogen-bond acceptors (Lipinski definition) is 3. The van der Waals surface area contributed by atoms with Crippen LogP contribution in [0.4, 0.5) is 0 Å². The number of aliphatic imine (C=N–C) groups is 1. The number of benzene rings is 1. The fourth-order valence-electron chi connectivity index (χ4n) is 1.79. The Balaban J connectivity index is 2.12. The molecule has 5 nitrogen and oxygen atoms in total. The molecule has 0 aromatic heterocycles. The van der Waals surface area contributed by atoms with Crippen LogP contribution in [0.2, 0.25) is 0 Å². The standard InChI is InChI=1S/C16H27N3O2/c1-4-20-11-6-9-18-16(17-3)19-10-12-21-15-8-5-7-14(2)13-15/h5,7-8,13H,4,6,9-12H2,1-3H3,(H2,17,18,19). The highest BCUT2D eigenvalue weighted by atomic mass is 16.5. The third kappa shape index (κ3) is 8.19. The maximum atomic E-state index is 5.67. The summed E-state index contributed by atoms with van der Waals surface area (Å²) < 4.78 is 11.0. The van der Waals surface area contributed by atoms with Gasteiger partial charge in [0, 0.05) is 26.8 Å². The van der Waals surface area contributed by atoms with Crippen molar-refractivity contribution >= 4 is 5.96 Å². The van der Waals surface area contributed by atoms with Crippen LogP contribution >= 0.6 is 0 Å². The fraction of sp³-hybridized carbons (Fsp3) is 0.562. The molecule has 118 valence electrons. The molecule has 0 atom stereocenters. The van der Waals surface area contributed by atoms with Crippen LogP contribution in [-0.4, -0.2) is 45.9 Å². The van der Waals surface area contributed by atoms with E-state index < -0.39 is 0 Å². The number of guanidine groups is 1. The van der Waals surface area contributed by atoms with Gasteiger partial charge in [0.25, 0.3) is 0 Å². The lowest BCUT2D eigenvalue weighted by molar-refractivity contribution is 0.145. The van der Waals surface area contributed by atoms with Gasteiger partial charge in [-0.25, -0.2) is 0 Å². The van der Waals surface area contributed by atoms with Crippen molar-refractivity contribution in [2.75, 3.05) is 40.0 Å². The molecule has 1 rings (SSSR count). The Morgan fingerprint density at radius 3 is 2.71 bits per heavy atom. The second-order valence-electron chi connectivity index (χ2n) is 4.64. The van der Waals surface area contributed by atoms with E-state index in [9.17, 15) is 0 Å². The predicted molar refractivity (Wildman–Crippen MR) is 87.1 cm³/mol. The minimum absolute atomic E-state index is 0.600. The predicted octanol–water partition coefficient (Wildman–Crippen LogP) is 1.97. The van der Waals surface area contributed by atoms with Crippen molar-refractivity contribution in [1.29, 1.82) is 0 Å². The molecule has 0 heterocycles. The Morgan fingerprint density at radius 1 is 1.19 bits per heavy atom. The lowest BCUT2D eigenvalue weighted by Crippen LogP contribution is -2.39. The number of nitrogens with zero attached hydrogens (tertiary/aromatic N) is 1. The molecule has 0 fully saturated rings. The van der Waals surface area contributed by atoms with Crippen LogP contribution in [-0.2, 0) is 4.74 Å². The number of hydrogen-bond donors (Lipinski definition) is 2. The minimum atomic E-state index is 0.600. The van der Waals surface area contributed by atoms with Crippen molar-refractivity contribution in [3.05, 3.63) is 29.8 Å². The second-order valence-corrected chi connectivity index (χ2v) is 4.64. The van der Waals surface area contributed by atoms with Crippen LogP contribution in [0.3, 0.4) is 0 Å². The van der Waals surface area contributed by atoms with Crippen molar-refractivity contribution < 1.29 is 9.47 Å². The maximum absolute atomic E-state index is 5.67. The molecule has 0 aliphatic carbocycles. The first-order chi connectivity index (χ1) is 10.3. The molecule has 0 aliphatic rings. The Bertz CT molecular complexity index is 422. The Labute approximate surface area is 127 Å². The van der Waals surface area contributed by atoms with Gasteiger partial charge in [-0.15, -0.1) is 0 Å². The molecule has 21 heavy (non-hydrogen) atoms. The van der Waals surface area contributed by atoms with Gasteiger partial charge < -0.3 is 20.1 Å². The van der Waals surface area contributed by atoms with Crippen molar-refractivity contribution in [2.45, 2.75) is 20.3 Å². The topological polar surface area (TPSA) is 54.9 Å². The average Bonchev–Trinajstić information content (AvgIpc) is 2.49. The lowest BCUT2D eigenvalue weighted by Gasteiger charge is -2.12. The van der Waals surface area contributed by atoms with Crippen molar-refractivity contribution in [3.8, 4) is 5.75 Å². The van der Waals surface area contributed by atoms with Crippen molar-refractivity contribution in [3.63, 3.8) is 0 Å². The van der Waals surface area contributed by atoms with E-state index in [1.54, 1.807) is 7.05 Å². The van der Waals surface area contributed by atoms with Gasteiger partial charge in [-0.1, -0.05) is 12.1 Å². The van der Waals surface area contributed by atoms with Gasteiger partial charge in [0.15, 0.2) is 5.96 Å². The summed E-state index contributed by atoms with van der Waals surface area (Å²) in [4.78, 5) is 4.16. The van der Waals surface area contributed by atoms with E-state index in [1.165, 1.54) is 5.56 Å². The van der Waals surface area contributed by atoms with Gasteiger partial charge in [0.1, 0.15) is 12.4 Å². The monoisotopic (exact) mass is 293 g/mol. The number of rotatable bonds is 9. The first-order valence-corrected chi connectivity index (χ1v) is 7.48. The molecule has 0 amide bonds. The summed E-state index contributed by atoms with van der Waals surface area (Å²) in [6, 6.07) is 8.05. The maximum Gasteiger partial charge on any atom is 0.191 e. The van der Waals surface area contributed by atoms with E-state index in [0.717, 1.165) is 37.9 Å². The number of aryl methyl sites for hydroxylation is 1. The summed E-state index contributed by atoms with van der Waals surface area (Å²) in [5, 5.41) is 6.46. The highest BCUT2D eigenvalue weighted by Crippen LogP contribution is 2.11. The zero-order chi connectivity index (χ0) is 15.3. The highest BCUT2D eigenvalue weighted by Gasteiger charge is 1.98. The highest BCUT2D eigenvalue weighted by molar-refractivity contribution is 5.79. The summed E-state index contributed by atoms with van der Waals surface area (Å²) >= 11 is 0. The molecule has 0 unspecified atom stereocenters. The van der Waals surface area contributed by atoms with Gasteiger partial charge >= 0.3 is 0 Å². The quantitative estimate of drug-likeness (QED) is 0.415. The van der Waals surface area contributed by atoms with E-state index in [1.807, 2.05) is 25.1 Å². The second kappa shape index (κ2) is 11.0. The summed E-state index contributed by atoms with van der Waals surface area (Å²) in [5.41, 5.74) is 1.20. The van der Waals surface area contributed by atoms with E-state index in [0.29, 0.717) is 13.2 Å². The zero-order valence-corrected chi connectivity index (χ0v) is 13.3. The minimum Gasteiger partial charge on any atom is -0.492 e. The first-order valence-electron chi connectivity index (χ1n) is 7.48. The van der Waals surface area contributed by atoms with Gasteiger partial charge in [-0.2, -0.15) is 0 Å². The van der Waals surface area contributed by atoms with Gasteiger partial charge in [-0.05, 0) is 38.0 Å². The summed E-state index contributed by atoms with van der Waals surface area (Å²) in [5.74, 6) is 1.69. The largest absolute Gasteiger partial charge is 0.492 e. The Kier molecular flexibility index (Phi) is 9.04. The van der Waals surface area contributed by atoms with Crippen LogP contribution in [0.15, 0.2) is 29.3 Å². The van der Waals surface area contributed by atoms with Crippen LogP contribution in [0, 0.1) is 6.92 Å². The molecule has 0 aliphatic heterocycles. The van der Waals surface area contributed by atoms with Gasteiger partial charge in [0.05, 0.1) is 6.54 Å². The smallest absolute Gasteiger partial charge is 0.191 e. The summed E-state index contributed by atoms with van der Waals surface area (Å²) in [6.45, 7) is 7.75. The molecule has 0 spiro atoms. The van der Waals surface area contributed by atoms with Crippen LogP contribution < -0.4 is 15.4 Å². The van der Waals surface area contributed by atoms with Crippen molar-refractivity contribution in [2.24, 2.45) is 4.99 Å². The molecular weight excluding hydrogens is 266 g/mol. The lowest BCUT2D eigenvalue weighted by atomic mass is 10.2. The molecule has 0 saturated carbocycles. The normalized spacial score (nSPS) is 11.3. The molecule has 1 aromatic rings. The van der Waals surface area contributed by atoms with E-state index in [4.69, 9.17) is 9.47 Å². The zero-order valence-electron chi connectivity index (χ0n) is 13.3. The summed E-state index contributed by atoms with van der Waals surface area (Å²) in [7, 11) is 1.76. The molecule has 2 N–H and O–H groups in total. The molecule has 5 heteroatoms. The molecule has 1 aromatic carbocycles. The third-order valence-electron chi connectivity index (χ3n) is 2.84. The molecule has 0 radical (unpaired) electrons. The first kappa shape index (κ1) is 17.3. The SMILES string of the molecule is CCOCCCNC(=NC)NCCOc1cccc(C)c1. The molecule has 0 saturated heterocycles. The fourth-order valence-corrected chi connectivity index (χ4v) is 1.79. The van der Waals surface area contributed by atoms with Crippen molar-refractivity contribution in [1.82, 2.24) is 10.6 Å².